The number of aryl methyl sites for hydroxylation is 1. The first-order valence-corrected chi connectivity index (χ1v) is 6.80. The molecule has 0 fully saturated rings. The van der Waals surface area contributed by atoms with Crippen molar-refractivity contribution < 1.29 is 0 Å². The highest BCUT2D eigenvalue weighted by Crippen LogP contribution is 2.33. The number of benzene rings is 1. The van der Waals surface area contributed by atoms with E-state index in [1.54, 1.807) is 11.3 Å². The fourth-order valence-electron chi connectivity index (χ4n) is 1.96. The van der Waals surface area contributed by atoms with Gasteiger partial charge in [-0.25, -0.2) is 5.43 Å². The van der Waals surface area contributed by atoms with Crippen molar-refractivity contribution in [2.75, 3.05) is 0 Å². The van der Waals surface area contributed by atoms with Crippen LogP contribution in [0.2, 0.25) is 5.02 Å². The summed E-state index contributed by atoms with van der Waals surface area (Å²) in [6, 6.07) is 10.2. The van der Waals surface area contributed by atoms with Crippen LogP contribution in [0.1, 0.15) is 29.0 Å². The average Bonchev–Trinajstić information content (AvgIpc) is 2.78. The maximum Gasteiger partial charge on any atom is 0.0820 e. The molecule has 0 radical (unpaired) electrons. The molecule has 3 N–H and O–H groups in total. The minimum absolute atomic E-state index is 0.0290. The molecule has 1 atom stereocenters. The smallest absolute Gasteiger partial charge is 0.0820 e. The van der Waals surface area contributed by atoms with Gasteiger partial charge in [0.25, 0.3) is 0 Å². The highest BCUT2D eigenvalue weighted by molar-refractivity contribution is 7.10. The standard InChI is InChI=1S/C13H15ClN2S/c1-2-9-5-3-4-6-10(9)12(16-15)13-11(14)7-8-17-13/h3-8,12,16H,2,15H2,1H3. The van der Waals surface area contributed by atoms with Crippen molar-refractivity contribution in [1.29, 1.82) is 0 Å². The molecule has 90 valence electrons. The molecular formula is C13H15ClN2S. The van der Waals surface area contributed by atoms with Crippen LogP contribution in [0.25, 0.3) is 0 Å². The Morgan fingerprint density at radius 3 is 2.71 bits per heavy atom. The van der Waals surface area contributed by atoms with Crippen LogP contribution in [-0.4, -0.2) is 0 Å². The number of nitrogens with two attached hydrogens (primary N) is 1. The van der Waals surface area contributed by atoms with Crippen LogP contribution < -0.4 is 11.3 Å². The average molecular weight is 267 g/mol. The second kappa shape index (κ2) is 5.65. The van der Waals surface area contributed by atoms with Crippen molar-refractivity contribution in [3.05, 3.63) is 56.7 Å². The first kappa shape index (κ1) is 12.6. The number of hydrogen-bond acceptors (Lipinski definition) is 3. The van der Waals surface area contributed by atoms with Crippen molar-refractivity contribution in [3.8, 4) is 0 Å². The molecule has 0 spiro atoms. The second-order valence-corrected chi connectivity index (χ2v) is 5.14. The van der Waals surface area contributed by atoms with Gasteiger partial charge in [0.1, 0.15) is 0 Å². The van der Waals surface area contributed by atoms with Crippen molar-refractivity contribution in [1.82, 2.24) is 5.43 Å². The zero-order chi connectivity index (χ0) is 12.3. The lowest BCUT2D eigenvalue weighted by Crippen LogP contribution is -2.29. The van der Waals surface area contributed by atoms with Gasteiger partial charge in [0.15, 0.2) is 0 Å². The third-order valence-electron chi connectivity index (χ3n) is 2.82. The van der Waals surface area contributed by atoms with E-state index in [4.69, 9.17) is 17.4 Å². The van der Waals surface area contributed by atoms with Crippen molar-refractivity contribution in [2.24, 2.45) is 5.84 Å². The van der Waals surface area contributed by atoms with Crippen LogP contribution in [0.3, 0.4) is 0 Å². The van der Waals surface area contributed by atoms with Crippen LogP contribution in [0, 0.1) is 0 Å². The van der Waals surface area contributed by atoms with E-state index in [0.29, 0.717) is 0 Å². The number of rotatable bonds is 4. The largest absolute Gasteiger partial charge is 0.271 e. The molecule has 1 aromatic carbocycles. The van der Waals surface area contributed by atoms with Gasteiger partial charge < -0.3 is 0 Å². The van der Waals surface area contributed by atoms with Crippen LogP contribution in [0.15, 0.2) is 35.7 Å². The summed E-state index contributed by atoms with van der Waals surface area (Å²) in [6.45, 7) is 2.14. The number of hydrogen-bond donors (Lipinski definition) is 2. The number of hydrazine groups is 1. The predicted octanol–water partition coefficient (Wildman–Crippen LogP) is 3.52. The number of halogens is 1. The van der Waals surface area contributed by atoms with Gasteiger partial charge in [-0.2, -0.15) is 0 Å². The van der Waals surface area contributed by atoms with E-state index in [1.165, 1.54) is 11.1 Å². The fraction of sp³-hybridized carbons (Fsp3) is 0.231. The summed E-state index contributed by atoms with van der Waals surface area (Å²) in [4.78, 5) is 1.06. The molecule has 0 aliphatic rings. The molecule has 1 heterocycles. The Kier molecular flexibility index (Phi) is 4.18. The Bertz CT molecular complexity index is 496. The van der Waals surface area contributed by atoms with Crippen molar-refractivity contribution in [3.63, 3.8) is 0 Å². The monoisotopic (exact) mass is 266 g/mol. The molecular weight excluding hydrogens is 252 g/mol. The van der Waals surface area contributed by atoms with Gasteiger partial charge in [-0.15, -0.1) is 11.3 Å². The molecule has 0 saturated carbocycles. The molecule has 0 saturated heterocycles. The molecule has 0 aliphatic heterocycles. The summed E-state index contributed by atoms with van der Waals surface area (Å²) >= 11 is 7.80. The maximum atomic E-state index is 6.17. The van der Waals surface area contributed by atoms with Crippen LogP contribution >= 0.6 is 22.9 Å². The van der Waals surface area contributed by atoms with Crippen LogP contribution in [-0.2, 0) is 6.42 Å². The zero-order valence-corrected chi connectivity index (χ0v) is 11.2. The van der Waals surface area contributed by atoms with E-state index in [9.17, 15) is 0 Å². The normalized spacial score (nSPS) is 12.6. The van der Waals surface area contributed by atoms with Crippen molar-refractivity contribution >= 4 is 22.9 Å². The van der Waals surface area contributed by atoms with Gasteiger partial charge in [0.05, 0.1) is 11.1 Å². The van der Waals surface area contributed by atoms with Gasteiger partial charge >= 0.3 is 0 Å². The minimum Gasteiger partial charge on any atom is -0.271 e. The molecule has 0 aliphatic carbocycles. The van der Waals surface area contributed by atoms with Gasteiger partial charge in [-0.1, -0.05) is 42.8 Å². The van der Waals surface area contributed by atoms with E-state index < -0.39 is 0 Å². The first-order chi connectivity index (χ1) is 8.27. The lowest BCUT2D eigenvalue weighted by atomic mass is 9.98. The summed E-state index contributed by atoms with van der Waals surface area (Å²) in [7, 11) is 0. The van der Waals surface area contributed by atoms with Crippen molar-refractivity contribution in [2.45, 2.75) is 19.4 Å². The summed E-state index contributed by atoms with van der Waals surface area (Å²) in [5, 5.41) is 2.75. The second-order valence-electron chi connectivity index (χ2n) is 3.78. The third kappa shape index (κ3) is 2.53. The molecule has 17 heavy (non-hydrogen) atoms. The van der Waals surface area contributed by atoms with Gasteiger partial charge in [-0.3, -0.25) is 5.84 Å². The SMILES string of the molecule is CCc1ccccc1C(NN)c1sccc1Cl. The zero-order valence-electron chi connectivity index (χ0n) is 9.61. The van der Waals surface area contributed by atoms with Crippen LogP contribution in [0.4, 0.5) is 0 Å². The fourth-order valence-corrected chi connectivity index (χ4v) is 3.20. The Hall–Kier alpha value is -0.870. The highest BCUT2D eigenvalue weighted by Gasteiger charge is 2.18. The first-order valence-electron chi connectivity index (χ1n) is 5.54. The molecule has 1 unspecified atom stereocenters. The molecule has 4 heteroatoms. The Morgan fingerprint density at radius 2 is 2.12 bits per heavy atom. The van der Waals surface area contributed by atoms with E-state index in [-0.39, 0.29) is 6.04 Å². The minimum atomic E-state index is -0.0290. The molecule has 1 aromatic heterocycles. The Labute approximate surface area is 110 Å². The van der Waals surface area contributed by atoms with E-state index in [0.717, 1.165) is 16.3 Å². The van der Waals surface area contributed by atoms with Gasteiger partial charge in [-0.05, 0) is 29.0 Å². The maximum absolute atomic E-state index is 6.17. The third-order valence-corrected chi connectivity index (χ3v) is 4.24. The van der Waals surface area contributed by atoms with Gasteiger partial charge in [0.2, 0.25) is 0 Å². The molecule has 2 rings (SSSR count). The topological polar surface area (TPSA) is 38.0 Å². The summed E-state index contributed by atoms with van der Waals surface area (Å²) in [6.07, 6.45) is 0.983. The lowest BCUT2D eigenvalue weighted by molar-refractivity contribution is 0.641. The predicted molar refractivity (Wildman–Crippen MR) is 74.3 cm³/mol. The molecule has 2 nitrogen and oxygen atoms in total. The molecule has 0 bridgehead atoms. The summed E-state index contributed by atoms with van der Waals surface area (Å²) in [5.74, 6) is 5.69. The summed E-state index contributed by atoms with van der Waals surface area (Å²) < 4.78 is 0. The summed E-state index contributed by atoms with van der Waals surface area (Å²) in [5.41, 5.74) is 5.35. The number of thiophene rings is 1. The van der Waals surface area contributed by atoms with E-state index in [1.807, 2.05) is 23.6 Å². The van der Waals surface area contributed by atoms with E-state index >= 15 is 0 Å². The lowest BCUT2D eigenvalue weighted by Gasteiger charge is -2.18. The Balaban J connectivity index is 2.46. The van der Waals surface area contributed by atoms with Gasteiger partial charge in [0, 0.05) is 4.88 Å². The molecule has 0 amide bonds. The van der Waals surface area contributed by atoms with E-state index in [2.05, 4.69) is 24.5 Å². The van der Waals surface area contributed by atoms with Crippen LogP contribution in [0.5, 0.6) is 0 Å². The quantitative estimate of drug-likeness (QED) is 0.656. The highest BCUT2D eigenvalue weighted by atomic mass is 35.5. The number of nitrogens with one attached hydrogen (secondary N) is 1. The molecule has 2 aromatic rings. The Morgan fingerprint density at radius 1 is 1.35 bits per heavy atom.